The molecule has 3 rings (SSSR count). The van der Waals surface area contributed by atoms with Crippen molar-refractivity contribution in [2.45, 2.75) is 30.0 Å². The Balaban J connectivity index is 1.62. The summed E-state index contributed by atoms with van der Waals surface area (Å²) >= 11 is 3.98. The van der Waals surface area contributed by atoms with E-state index >= 15 is 0 Å². The minimum Gasteiger partial charge on any atom is -0.368 e. The second kappa shape index (κ2) is 8.66. The summed E-state index contributed by atoms with van der Waals surface area (Å²) in [5.74, 6) is -1.05. The van der Waals surface area contributed by atoms with Gasteiger partial charge in [-0.2, -0.15) is 13.2 Å². The number of carbonyl (C=O) groups is 2. The van der Waals surface area contributed by atoms with Crippen LogP contribution >= 0.6 is 12.6 Å². The molecule has 2 N–H and O–H groups in total. The predicted molar refractivity (Wildman–Crippen MR) is 98.3 cm³/mol. The van der Waals surface area contributed by atoms with Gasteiger partial charge in [-0.3, -0.25) is 20.4 Å². The van der Waals surface area contributed by atoms with Gasteiger partial charge in [0.15, 0.2) is 5.82 Å². The minimum atomic E-state index is -4.53. The van der Waals surface area contributed by atoms with Gasteiger partial charge in [0.2, 0.25) is 0 Å². The van der Waals surface area contributed by atoms with Crippen molar-refractivity contribution in [3.8, 4) is 11.4 Å². The third kappa shape index (κ3) is 5.57. The number of benzene rings is 1. The summed E-state index contributed by atoms with van der Waals surface area (Å²) in [6.07, 6.45) is -0.209. The summed E-state index contributed by atoms with van der Waals surface area (Å²) in [7, 11) is 0. The van der Waals surface area contributed by atoms with Crippen LogP contribution in [0.2, 0.25) is 0 Å². The summed E-state index contributed by atoms with van der Waals surface area (Å²) in [5, 5.41) is 4.01. The minimum absolute atomic E-state index is 0.0307. The van der Waals surface area contributed by atoms with Crippen LogP contribution < -0.4 is 10.9 Å². The molecule has 8 nitrogen and oxygen atoms in total. The summed E-state index contributed by atoms with van der Waals surface area (Å²) in [6.45, 7) is 0.501. The number of hydrogen-bond donors (Lipinski definition) is 3. The van der Waals surface area contributed by atoms with Gasteiger partial charge < -0.3 is 4.74 Å². The highest BCUT2D eigenvalue weighted by Crippen LogP contribution is 2.33. The molecule has 12 heteroatoms. The summed E-state index contributed by atoms with van der Waals surface area (Å²) in [6, 6.07) is 3.21. The normalized spacial score (nSPS) is 16.9. The number of hydrogen-bond acceptors (Lipinski definition) is 6. The van der Waals surface area contributed by atoms with Crippen LogP contribution in [-0.2, 0) is 20.5 Å². The summed E-state index contributed by atoms with van der Waals surface area (Å²) in [5.41, 5.74) is 3.70. The molecule has 1 unspecified atom stereocenters. The van der Waals surface area contributed by atoms with E-state index in [1.807, 2.05) is 0 Å². The highest BCUT2D eigenvalue weighted by atomic mass is 32.1. The molecule has 2 heterocycles. The van der Waals surface area contributed by atoms with Crippen LogP contribution in [0.15, 0.2) is 35.5 Å². The molecule has 1 aromatic heterocycles. The van der Waals surface area contributed by atoms with Gasteiger partial charge in [0.25, 0.3) is 11.8 Å². The first-order valence-corrected chi connectivity index (χ1v) is 8.89. The maximum Gasteiger partial charge on any atom is 0.416 e. The molecule has 29 heavy (non-hydrogen) atoms. The molecular weight excluding hydrogens is 411 g/mol. The second-order valence-corrected chi connectivity index (χ2v) is 6.63. The maximum absolute atomic E-state index is 12.9. The highest BCUT2D eigenvalue weighted by molar-refractivity contribution is 7.80. The van der Waals surface area contributed by atoms with Crippen molar-refractivity contribution in [2.75, 3.05) is 6.61 Å². The van der Waals surface area contributed by atoms with E-state index in [2.05, 4.69) is 33.6 Å². The van der Waals surface area contributed by atoms with Crippen molar-refractivity contribution in [3.63, 3.8) is 0 Å². The SMILES string of the molecule is O=C(/C=C\n1cnc(-c2cc(S)cc(C(F)(F)F)c2)n1)NNC(=O)C1CCCO1. The number of thiol groups is 1. The predicted octanol–water partition coefficient (Wildman–Crippen LogP) is 2.05. The zero-order valence-electron chi connectivity index (χ0n) is 14.8. The number of halogens is 3. The molecule has 1 fully saturated rings. The van der Waals surface area contributed by atoms with Crippen molar-refractivity contribution in [1.82, 2.24) is 25.6 Å². The number of alkyl halides is 3. The van der Waals surface area contributed by atoms with E-state index in [-0.39, 0.29) is 16.3 Å². The third-order valence-corrected chi connectivity index (χ3v) is 4.18. The first-order valence-electron chi connectivity index (χ1n) is 8.45. The topological polar surface area (TPSA) is 98.1 Å². The number of amides is 2. The third-order valence-electron chi connectivity index (χ3n) is 3.92. The second-order valence-electron chi connectivity index (χ2n) is 6.11. The van der Waals surface area contributed by atoms with E-state index in [0.717, 1.165) is 29.3 Å². The van der Waals surface area contributed by atoms with Gasteiger partial charge >= 0.3 is 6.18 Å². The van der Waals surface area contributed by atoms with Gasteiger partial charge in [-0.1, -0.05) is 0 Å². The van der Waals surface area contributed by atoms with Crippen LogP contribution in [0.4, 0.5) is 13.2 Å². The molecule has 1 saturated heterocycles. The van der Waals surface area contributed by atoms with Crippen LogP contribution in [0, 0.1) is 0 Å². The maximum atomic E-state index is 12.9. The average molecular weight is 427 g/mol. The summed E-state index contributed by atoms with van der Waals surface area (Å²) < 4.78 is 45.1. The van der Waals surface area contributed by atoms with Crippen molar-refractivity contribution in [1.29, 1.82) is 0 Å². The molecular formula is C17H16F3N5O3S. The van der Waals surface area contributed by atoms with Gasteiger partial charge in [0, 0.05) is 29.3 Å². The molecule has 1 atom stereocenters. The Kier molecular flexibility index (Phi) is 6.23. The van der Waals surface area contributed by atoms with Gasteiger partial charge in [0.1, 0.15) is 12.4 Å². The van der Waals surface area contributed by atoms with Crippen LogP contribution in [0.3, 0.4) is 0 Å². The van der Waals surface area contributed by atoms with Gasteiger partial charge in [-0.25, -0.2) is 9.67 Å². The Labute approximate surface area is 168 Å². The molecule has 0 radical (unpaired) electrons. The molecule has 1 aromatic carbocycles. The van der Waals surface area contributed by atoms with Crippen LogP contribution in [0.1, 0.15) is 18.4 Å². The molecule has 2 aromatic rings. The van der Waals surface area contributed by atoms with E-state index in [9.17, 15) is 22.8 Å². The highest BCUT2D eigenvalue weighted by Gasteiger charge is 2.31. The first kappa shape index (κ1) is 20.9. The van der Waals surface area contributed by atoms with Crippen LogP contribution in [0.25, 0.3) is 17.6 Å². The van der Waals surface area contributed by atoms with Gasteiger partial charge in [0.05, 0.1) is 5.56 Å². The molecule has 1 aliphatic rings. The monoisotopic (exact) mass is 427 g/mol. The number of nitrogens with one attached hydrogen (secondary N) is 2. The quantitative estimate of drug-likeness (QED) is 0.394. The smallest absolute Gasteiger partial charge is 0.368 e. The van der Waals surface area contributed by atoms with E-state index in [1.165, 1.54) is 18.6 Å². The number of aromatic nitrogens is 3. The fraction of sp³-hybridized carbons (Fsp3) is 0.294. The number of ether oxygens (including phenoxy) is 1. The van der Waals surface area contributed by atoms with Gasteiger partial charge in [-0.05, 0) is 31.0 Å². The van der Waals surface area contributed by atoms with Crippen molar-refractivity contribution < 1.29 is 27.5 Å². The van der Waals surface area contributed by atoms with E-state index < -0.39 is 29.7 Å². The molecule has 1 aliphatic heterocycles. The Morgan fingerprint density at radius 3 is 2.76 bits per heavy atom. The lowest BCUT2D eigenvalue weighted by Gasteiger charge is -2.09. The Morgan fingerprint density at radius 1 is 1.28 bits per heavy atom. The van der Waals surface area contributed by atoms with Gasteiger partial charge in [-0.15, -0.1) is 17.7 Å². The van der Waals surface area contributed by atoms with Crippen LogP contribution in [-0.4, -0.2) is 39.3 Å². The molecule has 0 aliphatic carbocycles. The van der Waals surface area contributed by atoms with Crippen LogP contribution in [0.5, 0.6) is 0 Å². The molecule has 0 saturated carbocycles. The fourth-order valence-corrected chi connectivity index (χ4v) is 2.83. The lowest BCUT2D eigenvalue weighted by molar-refractivity contribution is -0.137. The van der Waals surface area contributed by atoms with Crippen molar-refractivity contribution in [2.24, 2.45) is 0 Å². The van der Waals surface area contributed by atoms with Crippen molar-refractivity contribution in [3.05, 3.63) is 36.2 Å². The Hall–Kier alpha value is -2.86. The average Bonchev–Trinajstić information content (AvgIpc) is 3.35. The number of rotatable bonds is 4. The Bertz CT molecular complexity index is 939. The lowest BCUT2D eigenvalue weighted by atomic mass is 10.1. The first-order chi connectivity index (χ1) is 13.7. The molecule has 154 valence electrons. The Morgan fingerprint density at radius 2 is 2.07 bits per heavy atom. The zero-order valence-corrected chi connectivity index (χ0v) is 15.7. The largest absolute Gasteiger partial charge is 0.416 e. The van der Waals surface area contributed by atoms with E-state index in [4.69, 9.17) is 4.74 Å². The number of hydrazine groups is 1. The standard InChI is InChI=1S/C17H16F3N5O3S/c18-17(19,20)11-6-10(7-12(29)8-11)15-21-9-25(24-15)4-3-14(26)22-23-16(27)13-2-1-5-28-13/h3-4,6-9,13,29H,1-2,5H2,(H,22,26)(H,23,27)/b4-3-. The molecule has 0 spiro atoms. The summed E-state index contributed by atoms with van der Waals surface area (Å²) in [4.78, 5) is 27.5. The van der Waals surface area contributed by atoms with Crippen molar-refractivity contribution >= 4 is 30.6 Å². The number of nitrogens with zero attached hydrogens (tertiary/aromatic N) is 3. The van der Waals surface area contributed by atoms with E-state index in [1.54, 1.807) is 0 Å². The van der Waals surface area contributed by atoms with E-state index in [0.29, 0.717) is 13.0 Å². The molecule has 2 amide bonds. The fourth-order valence-electron chi connectivity index (χ4n) is 2.56. The molecule has 0 bridgehead atoms. The number of carbonyl (C=O) groups excluding carboxylic acids is 2. The lowest BCUT2D eigenvalue weighted by Crippen LogP contribution is -2.45. The zero-order chi connectivity index (χ0) is 21.0.